The average Bonchev–Trinajstić information content (AvgIpc) is 3.06. The highest BCUT2D eigenvalue weighted by Crippen LogP contribution is 2.27. The van der Waals surface area contributed by atoms with Gasteiger partial charge in [-0.1, -0.05) is 11.6 Å². The quantitative estimate of drug-likeness (QED) is 0.131. The zero-order valence-corrected chi connectivity index (χ0v) is 30.2. The van der Waals surface area contributed by atoms with Crippen molar-refractivity contribution in [3.8, 4) is 5.75 Å². The Morgan fingerprint density at radius 3 is 2.18 bits per heavy atom. The number of anilines is 3. The predicted molar refractivity (Wildman–Crippen MR) is 194 cm³/mol. The van der Waals surface area contributed by atoms with Gasteiger partial charge in [0.2, 0.25) is 15.9 Å². The third kappa shape index (κ3) is 9.04. The Bertz CT molecular complexity index is 2220. The number of hydrogen-bond acceptors (Lipinski definition) is 10. The lowest BCUT2D eigenvalue weighted by molar-refractivity contribution is -0.116. The highest BCUT2D eigenvalue weighted by Gasteiger charge is 2.25. The molecular weight excluding hydrogens is 702 g/mol. The van der Waals surface area contributed by atoms with Crippen molar-refractivity contribution in [2.45, 2.75) is 37.0 Å². The number of rotatable bonds is 14. The topological polar surface area (TPSA) is 173 Å². The predicted octanol–water partition coefficient (Wildman–Crippen LogP) is 5.54. The SMILES string of the molecule is COc1ccc(S(=O)(=O)N(CCNc2cc(C)nc3ccc(Cl)cc23)CCC(=O)Nc2ccc(S(=O)(=O)Nc3cc(C)nc(C)n3)cc2)cc1. The third-order valence-corrected chi connectivity index (χ3v) is 11.0. The van der Waals surface area contributed by atoms with E-state index in [2.05, 4.69) is 30.3 Å². The third-order valence-electron chi connectivity index (χ3n) is 7.51. The van der Waals surface area contributed by atoms with Gasteiger partial charge in [-0.3, -0.25) is 14.5 Å². The van der Waals surface area contributed by atoms with E-state index in [0.29, 0.717) is 28.0 Å². The van der Waals surface area contributed by atoms with E-state index in [9.17, 15) is 21.6 Å². The molecule has 50 heavy (non-hydrogen) atoms. The van der Waals surface area contributed by atoms with Crippen molar-refractivity contribution in [2.24, 2.45) is 0 Å². The fraction of sp³-hybridized carbons (Fsp3) is 0.235. The van der Waals surface area contributed by atoms with Gasteiger partial charge in [-0.25, -0.2) is 26.8 Å². The monoisotopic (exact) mass is 737 g/mol. The molecule has 0 saturated carbocycles. The number of pyridine rings is 1. The Balaban J connectivity index is 1.27. The number of nitrogens with zero attached hydrogens (tertiary/aromatic N) is 4. The highest BCUT2D eigenvalue weighted by molar-refractivity contribution is 7.92. The van der Waals surface area contributed by atoms with E-state index in [0.717, 1.165) is 22.3 Å². The number of halogens is 1. The highest BCUT2D eigenvalue weighted by atomic mass is 35.5. The lowest BCUT2D eigenvalue weighted by atomic mass is 10.1. The summed E-state index contributed by atoms with van der Waals surface area (Å²) in [4.78, 5) is 25.8. The van der Waals surface area contributed by atoms with Gasteiger partial charge in [0.25, 0.3) is 10.0 Å². The minimum absolute atomic E-state index is 0.0341. The van der Waals surface area contributed by atoms with Crippen molar-refractivity contribution in [1.29, 1.82) is 0 Å². The van der Waals surface area contributed by atoms with Crippen LogP contribution in [0.15, 0.2) is 88.7 Å². The summed E-state index contributed by atoms with van der Waals surface area (Å²) in [7, 11) is -6.49. The number of benzene rings is 3. The van der Waals surface area contributed by atoms with Crippen LogP contribution < -0.4 is 20.1 Å². The second-order valence-electron chi connectivity index (χ2n) is 11.3. The molecule has 0 spiro atoms. The molecule has 0 aliphatic carbocycles. The van der Waals surface area contributed by atoms with Crippen LogP contribution in [-0.4, -0.2) is 68.7 Å². The smallest absolute Gasteiger partial charge is 0.263 e. The first kappa shape index (κ1) is 36.5. The molecule has 0 unspecified atom stereocenters. The molecule has 0 atom stereocenters. The average molecular weight is 738 g/mol. The number of carbonyl (C=O) groups is 1. The van der Waals surface area contributed by atoms with Gasteiger partial charge < -0.3 is 15.4 Å². The van der Waals surface area contributed by atoms with Crippen LogP contribution in [0.3, 0.4) is 0 Å². The van der Waals surface area contributed by atoms with Crippen LogP contribution in [-0.2, 0) is 24.8 Å². The van der Waals surface area contributed by atoms with Crippen LogP contribution in [0.1, 0.15) is 23.6 Å². The molecule has 0 aliphatic rings. The molecule has 3 aromatic carbocycles. The molecule has 5 aromatic rings. The van der Waals surface area contributed by atoms with Crippen LogP contribution in [0.4, 0.5) is 17.2 Å². The van der Waals surface area contributed by atoms with E-state index in [-0.39, 0.29) is 41.7 Å². The van der Waals surface area contributed by atoms with Gasteiger partial charge in [-0.15, -0.1) is 0 Å². The molecule has 16 heteroatoms. The molecule has 0 aliphatic heterocycles. The molecule has 0 bridgehead atoms. The van der Waals surface area contributed by atoms with Crippen molar-refractivity contribution in [3.05, 3.63) is 101 Å². The van der Waals surface area contributed by atoms with Crippen LogP contribution >= 0.6 is 11.6 Å². The van der Waals surface area contributed by atoms with Crippen molar-refractivity contribution in [3.63, 3.8) is 0 Å². The number of carbonyl (C=O) groups excluding carboxylic acids is 1. The lowest BCUT2D eigenvalue weighted by Gasteiger charge is -2.23. The van der Waals surface area contributed by atoms with Gasteiger partial charge in [-0.2, -0.15) is 4.31 Å². The molecule has 2 aromatic heterocycles. The molecule has 3 N–H and O–H groups in total. The normalized spacial score (nSPS) is 11.8. The molecule has 262 valence electrons. The van der Waals surface area contributed by atoms with E-state index in [1.54, 1.807) is 38.1 Å². The summed E-state index contributed by atoms with van der Waals surface area (Å²) in [6.07, 6.45) is -0.170. The van der Waals surface area contributed by atoms with E-state index >= 15 is 0 Å². The Labute approximate surface area is 296 Å². The maximum absolute atomic E-state index is 13.8. The summed E-state index contributed by atoms with van der Waals surface area (Å²) in [5.41, 5.74) is 3.22. The standard InChI is InChI=1S/C34H36ClN7O6S2/c1-22-19-32(30-21-25(35)5-14-31(30)38-22)36-16-18-42(50(46,47)29-12-8-27(48-4)9-13-29)17-15-34(43)40-26-6-10-28(11-7-26)49(44,45)41-33-20-23(2)37-24(3)39-33/h5-14,19-21H,15-18H2,1-4H3,(H,36,38)(H,40,43)(H,37,39,41). The zero-order valence-electron chi connectivity index (χ0n) is 27.8. The van der Waals surface area contributed by atoms with Crippen LogP contribution in [0.25, 0.3) is 10.9 Å². The Kier molecular flexibility index (Phi) is 11.2. The molecule has 5 rings (SSSR count). The summed E-state index contributed by atoms with van der Waals surface area (Å²) in [6.45, 7) is 5.39. The van der Waals surface area contributed by atoms with Crippen molar-refractivity contribution in [1.82, 2.24) is 19.3 Å². The van der Waals surface area contributed by atoms with E-state index in [4.69, 9.17) is 16.3 Å². The minimum atomic E-state index is -4.02. The van der Waals surface area contributed by atoms with Gasteiger partial charge in [0.15, 0.2) is 0 Å². The molecular formula is C34H36ClN7O6S2. The molecule has 1 amide bonds. The number of sulfonamides is 2. The molecule has 0 fully saturated rings. The zero-order chi connectivity index (χ0) is 36.1. The molecule has 0 radical (unpaired) electrons. The van der Waals surface area contributed by atoms with Gasteiger partial charge >= 0.3 is 0 Å². The summed E-state index contributed by atoms with van der Waals surface area (Å²) < 4.78 is 62.2. The second kappa shape index (κ2) is 15.4. The first-order valence-corrected chi connectivity index (χ1v) is 18.7. The largest absolute Gasteiger partial charge is 0.497 e. The second-order valence-corrected chi connectivity index (χ2v) is 15.4. The summed E-state index contributed by atoms with van der Waals surface area (Å²) in [5, 5.41) is 7.35. The Hall–Kier alpha value is -4.83. The van der Waals surface area contributed by atoms with Gasteiger partial charge in [0, 0.05) is 65.3 Å². The number of fused-ring (bicyclic) bond motifs is 1. The van der Waals surface area contributed by atoms with E-state index in [1.165, 1.54) is 53.9 Å². The minimum Gasteiger partial charge on any atom is -0.497 e. The number of aryl methyl sites for hydroxylation is 3. The molecule has 0 saturated heterocycles. The van der Waals surface area contributed by atoms with E-state index in [1.807, 2.05) is 19.1 Å². The van der Waals surface area contributed by atoms with Crippen molar-refractivity contribution in [2.75, 3.05) is 42.1 Å². The van der Waals surface area contributed by atoms with Gasteiger partial charge in [-0.05, 0) is 93.6 Å². The summed E-state index contributed by atoms with van der Waals surface area (Å²) in [6, 6.07) is 20.4. The van der Waals surface area contributed by atoms with Gasteiger partial charge in [0.1, 0.15) is 17.4 Å². The fourth-order valence-corrected chi connectivity index (χ4v) is 7.78. The summed E-state index contributed by atoms with van der Waals surface area (Å²) in [5.74, 6) is 0.614. The number of nitrogens with one attached hydrogen (secondary N) is 3. The molecule has 2 heterocycles. The fourth-order valence-electron chi connectivity index (χ4n) is 5.17. The Morgan fingerprint density at radius 1 is 0.820 bits per heavy atom. The van der Waals surface area contributed by atoms with Gasteiger partial charge in [0.05, 0.1) is 22.4 Å². The maximum Gasteiger partial charge on any atom is 0.263 e. The van der Waals surface area contributed by atoms with Crippen LogP contribution in [0.5, 0.6) is 5.75 Å². The lowest BCUT2D eigenvalue weighted by Crippen LogP contribution is -2.37. The number of amides is 1. The van der Waals surface area contributed by atoms with Crippen LogP contribution in [0.2, 0.25) is 5.02 Å². The number of methoxy groups -OCH3 is 1. The maximum atomic E-state index is 13.8. The first-order valence-electron chi connectivity index (χ1n) is 15.4. The van der Waals surface area contributed by atoms with Crippen LogP contribution in [0, 0.1) is 20.8 Å². The first-order chi connectivity index (χ1) is 23.7. The van der Waals surface area contributed by atoms with E-state index < -0.39 is 26.0 Å². The number of aromatic nitrogens is 3. The number of hydrogen-bond donors (Lipinski definition) is 3. The summed E-state index contributed by atoms with van der Waals surface area (Å²) >= 11 is 6.24. The Morgan fingerprint density at radius 2 is 1.50 bits per heavy atom. The van der Waals surface area contributed by atoms with Crippen molar-refractivity contribution >= 4 is 65.7 Å². The molecule has 13 nitrogen and oxygen atoms in total. The van der Waals surface area contributed by atoms with Crippen molar-refractivity contribution < 1.29 is 26.4 Å². The number of ether oxygens (including phenoxy) is 1.